The Morgan fingerprint density at radius 1 is 1.11 bits per heavy atom. The minimum Gasteiger partial charge on any atom is -0.459 e. The van der Waals surface area contributed by atoms with Crippen molar-refractivity contribution in [3.05, 3.63) is 77.3 Å². The van der Waals surface area contributed by atoms with Gasteiger partial charge in [0.2, 0.25) is 5.89 Å². The number of nitrogens with zero attached hydrogens (tertiary/aromatic N) is 3. The molecule has 4 aromatic rings. The maximum absolute atomic E-state index is 12.2. The fourth-order valence-electron chi connectivity index (χ4n) is 2.61. The van der Waals surface area contributed by atoms with Crippen LogP contribution in [0.4, 0.5) is 0 Å². The van der Waals surface area contributed by atoms with E-state index in [4.69, 9.17) is 9.15 Å². The average molecular weight is 391 g/mol. The number of rotatable bonds is 6. The number of ether oxygens (including phenoxy) is 1. The summed E-state index contributed by atoms with van der Waals surface area (Å²) in [4.78, 5) is 25.4. The number of esters is 1. The molecule has 0 aliphatic heterocycles. The van der Waals surface area contributed by atoms with Crippen LogP contribution >= 0.6 is 11.3 Å². The molecule has 28 heavy (non-hydrogen) atoms. The van der Waals surface area contributed by atoms with E-state index in [9.17, 15) is 4.79 Å². The van der Waals surface area contributed by atoms with Gasteiger partial charge in [0.05, 0.1) is 17.8 Å². The Morgan fingerprint density at radius 3 is 2.71 bits per heavy atom. The summed E-state index contributed by atoms with van der Waals surface area (Å²) in [7, 11) is 0. The topological polar surface area (TPSA) is 78.1 Å². The van der Waals surface area contributed by atoms with E-state index in [1.54, 1.807) is 6.20 Å². The minimum atomic E-state index is -0.360. The lowest BCUT2D eigenvalue weighted by Crippen LogP contribution is -2.09. The molecular formula is C21H17N3O3S. The molecule has 0 aliphatic rings. The highest BCUT2D eigenvalue weighted by atomic mass is 32.1. The van der Waals surface area contributed by atoms with Gasteiger partial charge in [0.15, 0.2) is 0 Å². The van der Waals surface area contributed by atoms with Crippen molar-refractivity contribution in [2.24, 2.45) is 0 Å². The van der Waals surface area contributed by atoms with Crippen LogP contribution in [0.25, 0.3) is 22.2 Å². The second kappa shape index (κ2) is 8.14. The van der Waals surface area contributed by atoms with E-state index in [1.807, 2.05) is 60.8 Å². The zero-order valence-corrected chi connectivity index (χ0v) is 16.0. The number of carbonyl (C=O) groups is 1. The molecule has 1 aromatic carbocycles. The van der Waals surface area contributed by atoms with E-state index in [0.29, 0.717) is 23.0 Å². The molecule has 6 nitrogen and oxygen atoms in total. The zero-order chi connectivity index (χ0) is 19.3. The van der Waals surface area contributed by atoms with Crippen LogP contribution in [-0.2, 0) is 22.6 Å². The van der Waals surface area contributed by atoms with Crippen LogP contribution in [0.15, 0.2) is 64.5 Å². The second-order valence-corrected chi connectivity index (χ2v) is 6.94. The Hall–Kier alpha value is -3.32. The first-order chi connectivity index (χ1) is 13.7. The van der Waals surface area contributed by atoms with Gasteiger partial charge in [-0.2, -0.15) is 0 Å². The van der Waals surface area contributed by atoms with Crippen LogP contribution in [-0.4, -0.2) is 20.9 Å². The van der Waals surface area contributed by atoms with E-state index in [-0.39, 0.29) is 19.0 Å². The summed E-state index contributed by atoms with van der Waals surface area (Å²) in [6.45, 7) is 1.88. The van der Waals surface area contributed by atoms with Gasteiger partial charge in [0.25, 0.3) is 0 Å². The van der Waals surface area contributed by atoms with Gasteiger partial charge >= 0.3 is 5.97 Å². The van der Waals surface area contributed by atoms with Gasteiger partial charge in [-0.3, -0.25) is 9.78 Å². The van der Waals surface area contributed by atoms with Crippen molar-refractivity contribution in [2.45, 2.75) is 20.0 Å². The molecule has 0 fully saturated rings. The first-order valence-electron chi connectivity index (χ1n) is 8.72. The molecule has 0 amide bonds. The Bertz CT molecular complexity index is 1070. The summed E-state index contributed by atoms with van der Waals surface area (Å²) >= 11 is 1.45. The van der Waals surface area contributed by atoms with Crippen LogP contribution in [0.2, 0.25) is 0 Å². The van der Waals surface area contributed by atoms with Crippen molar-refractivity contribution in [2.75, 3.05) is 0 Å². The lowest BCUT2D eigenvalue weighted by atomic mass is 10.2. The molecule has 0 unspecified atom stereocenters. The minimum absolute atomic E-state index is 0.0677. The highest BCUT2D eigenvalue weighted by molar-refractivity contribution is 7.13. The maximum atomic E-state index is 12.2. The number of aromatic nitrogens is 3. The molecule has 4 rings (SSSR count). The number of benzene rings is 1. The molecule has 0 bridgehead atoms. The van der Waals surface area contributed by atoms with Crippen LogP contribution in [0.3, 0.4) is 0 Å². The molecule has 7 heteroatoms. The lowest BCUT2D eigenvalue weighted by molar-refractivity contribution is -0.144. The summed E-state index contributed by atoms with van der Waals surface area (Å²) in [6.07, 6.45) is 1.82. The average Bonchev–Trinajstić information content (AvgIpc) is 3.34. The van der Waals surface area contributed by atoms with Gasteiger partial charge in [0.1, 0.15) is 23.1 Å². The molecule has 0 aliphatic carbocycles. The van der Waals surface area contributed by atoms with Crippen LogP contribution in [0.5, 0.6) is 0 Å². The van der Waals surface area contributed by atoms with E-state index < -0.39 is 0 Å². The van der Waals surface area contributed by atoms with E-state index in [2.05, 4.69) is 15.0 Å². The van der Waals surface area contributed by atoms with Gasteiger partial charge in [0, 0.05) is 17.1 Å². The molecule has 0 atom stereocenters. The van der Waals surface area contributed by atoms with Crippen molar-refractivity contribution in [1.29, 1.82) is 0 Å². The molecule has 3 heterocycles. The predicted octanol–water partition coefficient (Wildman–Crippen LogP) is 4.45. The molecule has 3 aromatic heterocycles. The quantitative estimate of drug-likeness (QED) is 0.452. The standard InChI is InChI=1S/C21H17N3O3S/c1-14-18(24-20(27-14)15-7-3-2-4-8-15)12-26-19(25)11-16-13-28-21(23-16)17-9-5-6-10-22-17/h2-10,13H,11-12H2,1H3. The van der Waals surface area contributed by atoms with E-state index >= 15 is 0 Å². The number of aryl methyl sites for hydroxylation is 1. The Morgan fingerprint density at radius 2 is 1.93 bits per heavy atom. The first-order valence-corrected chi connectivity index (χ1v) is 9.60. The smallest absolute Gasteiger partial charge is 0.312 e. The van der Waals surface area contributed by atoms with Crippen molar-refractivity contribution in [1.82, 2.24) is 15.0 Å². The molecule has 0 saturated heterocycles. The molecule has 140 valence electrons. The van der Waals surface area contributed by atoms with Crippen molar-refractivity contribution < 1.29 is 13.9 Å². The predicted molar refractivity (Wildman–Crippen MR) is 106 cm³/mol. The van der Waals surface area contributed by atoms with Gasteiger partial charge in [-0.25, -0.2) is 9.97 Å². The van der Waals surface area contributed by atoms with Crippen LogP contribution < -0.4 is 0 Å². The monoisotopic (exact) mass is 391 g/mol. The molecular weight excluding hydrogens is 374 g/mol. The Balaban J connectivity index is 1.36. The molecule has 0 spiro atoms. The Labute approximate surface area is 165 Å². The third-order valence-electron chi connectivity index (χ3n) is 4.04. The van der Waals surface area contributed by atoms with Crippen molar-refractivity contribution >= 4 is 17.3 Å². The molecule has 0 N–H and O–H groups in total. The SMILES string of the molecule is Cc1oc(-c2ccccc2)nc1COC(=O)Cc1csc(-c2ccccn2)n1. The van der Waals surface area contributed by atoms with Gasteiger partial charge < -0.3 is 9.15 Å². The summed E-state index contributed by atoms with van der Waals surface area (Å²) in [5, 5.41) is 2.63. The van der Waals surface area contributed by atoms with Crippen molar-refractivity contribution in [3.63, 3.8) is 0 Å². The highest BCUT2D eigenvalue weighted by Gasteiger charge is 2.15. The highest BCUT2D eigenvalue weighted by Crippen LogP contribution is 2.23. The van der Waals surface area contributed by atoms with E-state index in [0.717, 1.165) is 16.3 Å². The fourth-order valence-corrected chi connectivity index (χ4v) is 3.40. The number of thiazole rings is 1. The van der Waals surface area contributed by atoms with E-state index in [1.165, 1.54) is 11.3 Å². The molecule has 0 radical (unpaired) electrons. The van der Waals surface area contributed by atoms with Gasteiger partial charge in [-0.05, 0) is 31.2 Å². The van der Waals surface area contributed by atoms with Crippen LogP contribution in [0.1, 0.15) is 17.1 Å². The fraction of sp³-hybridized carbons (Fsp3) is 0.143. The number of hydrogen-bond donors (Lipinski definition) is 0. The zero-order valence-electron chi connectivity index (χ0n) is 15.2. The summed E-state index contributed by atoms with van der Waals surface area (Å²) < 4.78 is 11.0. The number of carbonyl (C=O) groups excluding carboxylic acids is 1. The lowest BCUT2D eigenvalue weighted by Gasteiger charge is -2.01. The normalized spacial score (nSPS) is 10.8. The third-order valence-corrected chi connectivity index (χ3v) is 4.96. The summed E-state index contributed by atoms with van der Waals surface area (Å²) in [6, 6.07) is 15.2. The largest absolute Gasteiger partial charge is 0.459 e. The number of hydrogen-bond acceptors (Lipinski definition) is 7. The van der Waals surface area contributed by atoms with Gasteiger partial charge in [-0.15, -0.1) is 11.3 Å². The van der Waals surface area contributed by atoms with Crippen molar-refractivity contribution in [3.8, 4) is 22.2 Å². The first kappa shape index (κ1) is 18.1. The third kappa shape index (κ3) is 4.15. The van der Waals surface area contributed by atoms with Gasteiger partial charge in [-0.1, -0.05) is 24.3 Å². The Kier molecular flexibility index (Phi) is 5.25. The van der Waals surface area contributed by atoms with Crippen LogP contribution in [0, 0.1) is 6.92 Å². The summed E-state index contributed by atoms with van der Waals surface area (Å²) in [5.41, 5.74) is 2.95. The summed E-state index contributed by atoms with van der Waals surface area (Å²) in [5.74, 6) is 0.794. The molecule has 0 saturated carbocycles. The second-order valence-electron chi connectivity index (χ2n) is 6.08. The maximum Gasteiger partial charge on any atom is 0.312 e. The number of oxazole rings is 1. The number of pyridine rings is 1.